The molecular weight excluding hydrogens is 386 g/mol. The monoisotopic (exact) mass is 405 g/mol. The van der Waals surface area contributed by atoms with Crippen LogP contribution in [0.15, 0.2) is 59.5 Å². The molecule has 0 saturated carbocycles. The molecule has 0 fully saturated rings. The van der Waals surface area contributed by atoms with Gasteiger partial charge in [-0.3, -0.25) is 19.3 Å². The van der Waals surface area contributed by atoms with Gasteiger partial charge in [-0.1, -0.05) is 18.2 Å². The fourth-order valence-electron chi connectivity index (χ4n) is 3.19. The maximum atomic E-state index is 12.8. The predicted octanol–water partition coefficient (Wildman–Crippen LogP) is 1.09. The first-order chi connectivity index (χ1) is 14.5. The van der Waals surface area contributed by atoms with Crippen LogP contribution in [0.2, 0.25) is 0 Å². The number of carbonyl (C=O) groups excluding carboxylic acids is 2. The van der Waals surface area contributed by atoms with Crippen molar-refractivity contribution in [1.29, 1.82) is 0 Å². The highest BCUT2D eigenvalue weighted by Crippen LogP contribution is 2.27. The Kier molecular flexibility index (Phi) is 5.01. The number of para-hydroxylation sites is 1. The molecule has 4 rings (SSSR count). The SMILES string of the molecule is Cc1cc(=O)c(C(=O)NC2COc3cccnc3N(C)C2=O)nn1-c1ccccc1. The summed E-state index contributed by atoms with van der Waals surface area (Å²) in [6.07, 6.45) is 1.55. The normalized spacial score (nSPS) is 15.7. The molecule has 3 aromatic rings. The molecule has 3 heterocycles. The Bertz CT molecular complexity index is 1180. The number of aryl methyl sites for hydroxylation is 1. The largest absolute Gasteiger partial charge is 0.487 e. The number of carbonyl (C=O) groups is 2. The molecule has 0 spiro atoms. The first-order valence-electron chi connectivity index (χ1n) is 9.28. The molecule has 30 heavy (non-hydrogen) atoms. The molecule has 1 aromatic carbocycles. The molecule has 1 aliphatic rings. The zero-order valence-electron chi connectivity index (χ0n) is 16.4. The molecule has 0 bridgehead atoms. The van der Waals surface area contributed by atoms with Gasteiger partial charge in [0.15, 0.2) is 17.3 Å². The number of ether oxygens (including phenoxy) is 1. The number of likely N-dealkylation sites (N-methyl/N-ethyl adjacent to an activating group) is 1. The minimum atomic E-state index is -0.996. The number of fused-ring (bicyclic) bond motifs is 1. The molecule has 2 aromatic heterocycles. The quantitative estimate of drug-likeness (QED) is 0.699. The van der Waals surface area contributed by atoms with E-state index >= 15 is 0 Å². The molecule has 2 amide bonds. The van der Waals surface area contributed by atoms with Crippen molar-refractivity contribution in [1.82, 2.24) is 20.1 Å². The molecule has 1 unspecified atom stereocenters. The van der Waals surface area contributed by atoms with Crippen molar-refractivity contribution in [3.8, 4) is 11.4 Å². The molecule has 0 aliphatic carbocycles. The molecule has 0 saturated heterocycles. The predicted molar refractivity (Wildman–Crippen MR) is 109 cm³/mol. The Labute approximate surface area is 171 Å². The molecule has 152 valence electrons. The van der Waals surface area contributed by atoms with Crippen molar-refractivity contribution in [3.63, 3.8) is 0 Å². The van der Waals surface area contributed by atoms with Gasteiger partial charge in [-0.05, 0) is 31.2 Å². The summed E-state index contributed by atoms with van der Waals surface area (Å²) in [5.74, 6) is -0.362. The zero-order valence-corrected chi connectivity index (χ0v) is 16.4. The summed E-state index contributed by atoms with van der Waals surface area (Å²) < 4.78 is 7.15. The van der Waals surface area contributed by atoms with E-state index < -0.39 is 23.3 Å². The summed E-state index contributed by atoms with van der Waals surface area (Å²) in [7, 11) is 1.55. The van der Waals surface area contributed by atoms with Crippen molar-refractivity contribution in [3.05, 3.63) is 76.3 Å². The van der Waals surface area contributed by atoms with E-state index in [4.69, 9.17) is 4.74 Å². The first-order valence-corrected chi connectivity index (χ1v) is 9.28. The highest BCUT2D eigenvalue weighted by Gasteiger charge is 2.32. The number of nitrogens with one attached hydrogen (secondary N) is 1. The fourth-order valence-corrected chi connectivity index (χ4v) is 3.19. The highest BCUT2D eigenvalue weighted by molar-refractivity contribution is 6.02. The number of pyridine rings is 1. The van der Waals surface area contributed by atoms with E-state index in [9.17, 15) is 14.4 Å². The second-order valence-electron chi connectivity index (χ2n) is 6.81. The lowest BCUT2D eigenvalue weighted by atomic mass is 10.2. The van der Waals surface area contributed by atoms with Crippen LogP contribution in [-0.2, 0) is 4.79 Å². The Morgan fingerprint density at radius 2 is 1.93 bits per heavy atom. The van der Waals surface area contributed by atoms with Crippen LogP contribution < -0.4 is 20.4 Å². The van der Waals surface area contributed by atoms with E-state index in [2.05, 4.69) is 15.4 Å². The lowest BCUT2D eigenvalue weighted by Gasteiger charge is -2.19. The van der Waals surface area contributed by atoms with Crippen molar-refractivity contribution in [2.45, 2.75) is 13.0 Å². The van der Waals surface area contributed by atoms with E-state index in [0.717, 1.165) is 0 Å². The number of amides is 2. The van der Waals surface area contributed by atoms with Crippen molar-refractivity contribution >= 4 is 17.6 Å². The highest BCUT2D eigenvalue weighted by atomic mass is 16.5. The Morgan fingerprint density at radius 3 is 2.70 bits per heavy atom. The number of anilines is 1. The molecule has 1 aliphatic heterocycles. The maximum absolute atomic E-state index is 12.8. The van der Waals surface area contributed by atoms with Crippen LogP contribution in [0.5, 0.6) is 5.75 Å². The molecule has 0 radical (unpaired) electrons. The summed E-state index contributed by atoms with van der Waals surface area (Å²) in [4.78, 5) is 43.5. The second kappa shape index (κ2) is 7.78. The average molecular weight is 405 g/mol. The van der Waals surface area contributed by atoms with Gasteiger partial charge in [0.1, 0.15) is 12.6 Å². The zero-order chi connectivity index (χ0) is 21.3. The van der Waals surface area contributed by atoms with Crippen molar-refractivity contribution < 1.29 is 14.3 Å². The molecule has 9 heteroatoms. The Morgan fingerprint density at radius 1 is 1.17 bits per heavy atom. The third-order valence-corrected chi connectivity index (χ3v) is 4.73. The lowest BCUT2D eigenvalue weighted by molar-refractivity contribution is -0.120. The van der Waals surface area contributed by atoms with Crippen LogP contribution in [0.1, 0.15) is 16.2 Å². The van der Waals surface area contributed by atoms with Gasteiger partial charge in [0.2, 0.25) is 5.43 Å². The van der Waals surface area contributed by atoms with Gasteiger partial charge in [0, 0.05) is 25.0 Å². The average Bonchev–Trinajstić information content (AvgIpc) is 2.87. The van der Waals surface area contributed by atoms with Crippen LogP contribution in [0.3, 0.4) is 0 Å². The fraction of sp³-hybridized carbons (Fsp3) is 0.190. The van der Waals surface area contributed by atoms with E-state index in [-0.39, 0.29) is 12.3 Å². The number of benzene rings is 1. The summed E-state index contributed by atoms with van der Waals surface area (Å²) in [6.45, 7) is 1.64. The summed E-state index contributed by atoms with van der Waals surface area (Å²) in [5.41, 5.74) is 0.453. The lowest BCUT2D eigenvalue weighted by Crippen LogP contribution is -2.50. The van der Waals surface area contributed by atoms with Gasteiger partial charge in [0.25, 0.3) is 11.8 Å². The smallest absolute Gasteiger partial charge is 0.276 e. The van der Waals surface area contributed by atoms with Gasteiger partial charge < -0.3 is 10.1 Å². The van der Waals surface area contributed by atoms with Crippen molar-refractivity contribution in [2.24, 2.45) is 0 Å². The number of hydrogen-bond acceptors (Lipinski definition) is 6. The van der Waals surface area contributed by atoms with Crippen LogP contribution in [0.4, 0.5) is 5.82 Å². The van der Waals surface area contributed by atoms with Crippen LogP contribution in [0.25, 0.3) is 5.69 Å². The van der Waals surface area contributed by atoms with E-state index in [1.54, 1.807) is 32.3 Å². The standard InChI is InChI=1S/C21H19N5O4/c1-13-11-16(27)18(24-26(13)14-7-4-3-5-8-14)20(28)23-15-12-30-17-9-6-10-22-19(17)25(2)21(15)29/h3-11,15H,12H2,1-2H3,(H,23,28). The topological polar surface area (TPSA) is 106 Å². The number of hydrogen-bond donors (Lipinski definition) is 1. The minimum Gasteiger partial charge on any atom is -0.487 e. The second-order valence-corrected chi connectivity index (χ2v) is 6.81. The minimum absolute atomic E-state index is 0.0909. The van der Waals surface area contributed by atoms with Gasteiger partial charge in [-0.2, -0.15) is 5.10 Å². The number of aromatic nitrogens is 3. The van der Waals surface area contributed by atoms with E-state index in [1.165, 1.54) is 15.6 Å². The molecule has 9 nitrogen and oxygen atoms in total. The summed E-state index contributed by atoms with van der Waals surface area (Å²) in [5, 5.41) is 6.80. The first kappa shape index (κ1) is 19.3. The summed E-state index contributed by atoms with van der Waals surface area (Å²) >= 11 is 0. The number of nitrogens with zero attached hydrogens (tertiary/aromatic N) is 4. The third-order valence-electron chi connectivity index (χ3n) is 4.73. The maximum Gasteiger partial charge on any atom is 0.276 e. The molecular formula is C21H19N5O4. The Hall–Kier alpha value is -4.01. The van der Waals surface area contributed by atoms with Crippen LogP contribution in [-0.4, -0.2) is 46.3 Å². The number of rotatable bonds is 3. The van der Waals surface area contributed by atoms with Crippen LogP contribution in [0, 0.1) is 6.92 Å². The van der Waals surface area contributed by atoms with Gasteiger partial charge >= 0.3 is 0 Å². The van der Waals surface area contributed by atoms with Gasteiger partial charge in [-0.15, -0.1) is 0 Å². The third kappa shape index (κ3) is 3.52. The van der Waals surface area contributed by atoms with Crippen LogP contribution >= 0.6 is 0 Å². The Balaban J connectivity index is 1.62. The van der Waals surface area contributed by atoms with E-state index in [1.807, 2.05) is 30.3 Å². The van der Waals surface area contributed by atoms with E-state index in [0.29, 0.717) is 22.9 Å². The summed E-state index contributed by atoms with van der Waals surface area (Å²) in [6, 6.07) is 12.9. The molecule has 1 atom stereocenters. The van der Waals surface area contributed by atoms with Gasteiger partial charge in [-0.25, -0.2) is 9.67 Å². The molecule has 1 N–H and O–H groups in total. The van der Waals surface area contributed by atoms with Gasteiger partial charge in [0.05, 0.1) is 5.69 Å². The van der Waals surface area contributed by atoms with Crippen molar-refractivity contribution in [2.75, 3.05) is 18.6 Å².